The Labute approximate surface area is 667 Å². The quantitative estimate of drug-likeness (QED) is 0.125. The van der Waals surface area contributed by atoms with Crippen molar-refractivity contribution in [2.45, 2.75) is 12.3 Å². The van der Waals surface area contributed by atoms with Gasteiger partial charge in [-0.05, 0) is 185 Å². The van der Waals surface area contributed by atoms with E-state index in [1.54, 1.807) is 0 Å². The summed E-state index contributed by atoms with van der Waals surface area (Å²) in [5.74, 6) is 3.47. The van der Waals surface area contributed by atoms with Crippen molar-refractivity contribution in [3.63, 3.8) is 0 Å². The van der Waals surface area contributed by atoms with Crippen molar-refractivity contribution in [3.05, 3.63) is 369 Å². The molecular formula is C106H62N6O3S. The summed E-state index contributed by atoms with van der Waals surface area (Å²) in [4.78, 5) is 32.3. The fraction of sp³-hybridized carbons (Fsp3) is 0.0189. The molecule has 0 spiro atoms. The molecule has 1 unspecified atom stereocenters. The van der Waals surface area contributed by atoms with Gasteiger partial charge in [0, 0.05) is 97.4 Å². The lowest BCUT2D eigenvalue weighted by molar-refractivity contribution is 0.665. The van der Waals surface area contributed by atoms with Gasteiger partial charge in [0.15, 0.2) is 29.1 Å². The van der Waals surface area contributed by atoms with Crippen molar-refractivity contribution < 1.29 is 13.3 Å². The van der Waals surface area contributed by atoms with Crippen LogP contribution in [-0.4, -0.2) is 29.9 Å². The van der Waals surface area contributed by atoms with Gasteiger partial charge in [0.2, 0.25) is 0 Å². The van der Waals surface area contributed by atoms with Gasteiger partial charge in [-0.15, -0.1) is 11.3 Å². The van der Waals surface area contributed by atoms with Crippen LogP contribution in [-0.2, 0) is 0 Å². The van der Waals surface area contributed by atoms with Crippen molar-refractivity contribution in [2.24, 2.45) is 0 Å². The predicted octanol–water partition coefficient (Wildman–Crippen LogP) is 28.9. The summed E-state index contributed by atoms with van der Waals surface area (Å²) in [5.41, 5.74) is 20.1. The highest BCUT2D eigenvalue weighted by atomic mass is 32.1. The number of fused-ring (bicyclic) bond motifs is 16. The lowest BCUT2D eigenvalue weighted by atomic mass is 9.91. The van der Waals surface area contributed by atoms with Crippen LogP contribution in [0.2, 0.25) is 0 Å². The van der Waals surface area contributed by atoms with E-state index in [2.05, 4.69) is 322 Å². The molecular weight excluding hydrogens is 1440 g/mol. The van der Waals surface area contributed by atoms with E-state index in [1.807, 2.05) is 47.7 Å². The number of hydrogen-bond acceptors (Lipinski definition) is 10. The third-order valence-corrected chi connectivity index (χ3v) is 24.6. The first-order valence-corrected chi connectivity index (χ1v) is 40.0. The minimum absolute atomic E-state index is 0.125. The number of thiophene rings is 1. The molecule has 6 aromatic heterocycles. The zero-order valence-corrected chi connectivity index (χ0v) is 63.0. The topological polar surface area (TPSA) is 117 Å². The molecule has 10 heteroatoms. The Morgan fingerprint density at radius 2 is 0.707 bits per heavy atom. The summed E-state index contributed by atoms with van der Waals surface area (Å²) >= 11 is 1.83. The highest BCUT2D eigenvalue weighted by Crippen LogP contribution is 2.48. The Kier molecular flexibility index (Phi) is 14.8. The fourth-order valence-electron chi connectivity index (χ4n) is 17.6. The van der Waals surface area contributed by atoms with Crippen molar-refractivity contribution in [3.8, 4) is 101 Å². The van der Waals surface area contributed by atoms with Gasteiger partial charge in [-0.3, -0.25) is 0 Å². The first kappa shape index (κ1) is 65.6. The lowest BCUT2D eigenvalue weighted by Gasteiger charge is -2.18. The van der Waals surface area contributed by atoms with E-state index in [-0.39, 0.29) is 5.92 Å². The number of nitrogens with zero attached hydrogens (tertiary/aromatic N) is 6. The molecule has 0 N–H and O–H groups in total. The van der Waals surface area contributed by atoms with Gasteiger partial charge in [-0.25, -0.2) is 29.9 Å². The average molecular weight is 1500 g/mol. The molecule has 1 atom stereocenters. The molecule has 0 saturated carbocycles. The third kappa shape index (κ3) is 11.0. The van der Waals surface area contributed by atoms with Crippen molar-refractivity contribution in [1.29, 1.82) is 0 Å². The highest BCUT2D eigenvalue weighted by Gasteiger charge is 2.27. The Morgan fingerprint density at radius 1 is 0.250 bits per heavy atom. The van der Waals surface area contributed by atoms with E-state index in [4.69, 9.17) is 43.2 Å². The summed E-state index contributed by atoms with van der Waals surface area (Å²) in [6, 6.07) is 120. The van der Waals surface area contributed by atoms with Crippen molar-refractivity contribution >= 4 is 146 Å². The largest absolute Gasteiger partial charge is 0.456 e. The highest BCUT2D eigenvalue weighted by molar-refractivity contribution is 7.26. The maximum Gasteiger partial charge on any atom is 0.164 e. The van der Waals surface area contributed by atoms with Crippen molar-refractivity contribution in [1.82, 2.24) is 29.9 Å². The summed E-state index contributed by atoms with van der Waals surface area (Å²) < 4.78 is 22.9. The zero-order valence-electron chi connectivity index (χ0n) is 62.2. The first-order chi connectivity index (χ1) is 57.4. The Morgan fingerprint density at radius 3 is 1.47 bits per heavy atom. The molecule has 0 saturated heterocycles. The van der Waals surface area contributed by atoms with Crippen molar-refractivity contribution in [2.75, 3.05) is 0 Å². The van der Waals surface area contributed by atoms with Crippen LogP contribution in [0.5, 0.6) is 0 Å². The lowest BCUT2D eigenvalue weighted by Crippen LogP contribution is -2.08. The number of rotatable bonds is 11. The number of aromatic nitrogens is 6. The number of hydrogen-bond donors (Lipinski definition) is 0. The van der Waals surface area contributed by atoms with E-state index in [0.717, 1.165) is 176 Å². The standard InChI is InChI=1S/C106H62N6O3S/c1-3-16-68-54-70(42-34-61(68)14-1)63-30-38-66(39-31-63)101-108-104(111-105(109-101)88-24-12-27-92-96(88)86-51-50-76(60-93(86)113-92)80-21-13-29-95-97(80)87-20-7-10-28-94(87)116-95)78-49-37-65-35-43-75(58-79(65)59-78)74-47-46-72-55-71(44-45-73(72)56-74)64-32-40-67(41-33-64)102-107-103(77-48-36-62-15-2-4-17-69(62)57-77)112-106(110-102)89-53-52-84(100-98(89)85-19-6-9-26-91(85)115-100)83-23-11-22-82-81-18-5-8-25-90(81)114-99(82)83/h1-40,42-60,67H,41H2. The van der Waals surface area contributed by atoms with E-state index in [1.165, 1.54) is 36.5 Å². The molecule has 6 heterocycles. The molecule has 0 bridgehead atoms. The van der Waals surface area contributed by atoms with Gasteiger partial charge < -0.3 is 13.3 Å². The zero-order chi connectivity index (χ0) is 76.1. The average Bonchev–Trinajstić information content (AvgIpc) is 1.58. The van der Waals surface area contributed by atoms with E-state index in [9.17, 15) is 0 Å². The second kappa shape index (κ2) is 26.3. The van der Waals surface area contributed by atoms with E-state index in [0.29, 0.717) is 41.4 Å². The van der Waals surface area contributed by atoms with Crippen LogP contribution in [0, 0.1) is 0 Å². The van der Waals surface area contributed by atoms with Gasteiger partial charge in [0.1, 0.15) is 39.3 Å². The minimum Gasteiger partial charge on any atom is -0.456 e. The molecule has 23 aromatic rings. The Hall–Kier alpha value is -15.1. The second-order valence-electron chi connectivity index (χ2n) is 30.3. The molecule has 9 nitrogen and oxygen atoms in total. The molecule has 116 heavy (non-hydrogen) atoms. The third-order valence-electron chi connectivity index (χ3n) is 23.5. The molecule has 24 rings (SSSR count). The SMILES string of the molecule is C1=CC(c2nc(-c3ccc4ccccc4c3)nc(-c3ccc(-c4cccc5c4oc4ccccc45)c4oc5ccccc5c34)n2)CC=C1c1ccc2cc(-c3ccc4ccc(-c5nc(-c6ccc(-c7ccc8ccccc8c7)cc6)nc(-c6cccc7oc8cc(-c9cccc%10sc%11ccccc%11c9%10)ccc8c67)n5)cc4c3)ccc2c1. The fourth-order valence-corrected chi connectivity index (χ4v) is 18.8. The molecule has 1 aliphatic rings. The molecule has 0 radical (unpaired) electrons. The summed E-state index contributed by atoms with van der Waals surface area (Å²) in [7, 11) is 0. The maximum absolute atomic E-state index is 6.91. The van der Waals surface area contributed by atoms with Gasteiger partial charge in [-0.1, -0.05) is 267 Å². The van der Waals surface area contributed by atoms with Crippen LogP contribution < -0.4 is 0 Å². The number of allylic oxidation sites excluding steroid dienone is 4. The van der Waals surface area contributed by atoms with Crippen LogP contribution >= 0.6 is 11.3 Å². The molecule has 540 valence electrons. The van der Waals surface area contributed by atoms with Gasteiger partial charge in [0.25, 0.3) is 0 Å². The van der Waals surface area contributed by atoms with Crippen LogP contribution in [0.3, 0.4) is 0 Å². The van der Waals surface area contributed by atoms with Crippen LogP contribution in [0.15, 0.2) is 371 Å². The summed E-state index contributed by atoms with van der Waals surface area (Å²) in [6.45, 7) is 0. The molecule has 17 aromatic carbocycles. The monoisotopic (exact) mass is 1500 g/mol. The van der Waals surface area contributed by atoms with E-state index >= 15 is 0 Å². The number of benzene rings is 17. The van der Waals surface area contributed by atoms with Gasteiger partial charge >= 0.3 is 0 Å². The minimum atomic E-state index is -0.125. The second-order valence-corrected chi connectivity index (χ2v) is 31.4. The predicted molar refractivity (Wildman–Crippen MR) is 478 cm³/mol. The molecule has 0 fully saturated rings. The Bertz CT molecular complexity index is 8160. The number of furan rings is 3. The van der Waals surface area contributed by atoms with E-state index < -0.39 is 0 Å². The normalized spacial score (nSPS) is 13.2. The van der Waals surface area contributed by atoms with Crippen LogP contribution in [0.1, 0.15) is 23.7 Å². The smallest absolute Gasteiger partial charge is 0.164 e. The van der Waals surface area contributed by atoms with Gasteiger partial charge in [-0.2, -0.15) is 0 Å². The number of para-hydroxylation sites is 3. The summed E-state index contributed by atoms with van der Waals surface area (Å²) in [5, 5.41) is 17.7. The molecule has 1 aliphatic carbocycles. The molecule has 0 aliphatic heterocycles. The Balaban J connectivity index is 0.551. The van der Waals surface area contributed by atoms with Gasteiger partial charge in [0.05, 0.1) is 0 Å². The molecule has 0 amide bonds. The maximum atomic E-state index is 6.91. The van der Waals surface area contributed by atoms with Crippen LogP contribution in [0.4, 0.5) is 0 Å². The van der Waals surface area contributed by atoms with Crippen LogP contribution in [0.25, 0.3) is 236 Å². The first-order valence-electron chi connectivity index (χ1n) is 39.2. The summed E-state index contributed by atoms with van der Waals surface area (Å²) in [6.07, 6.45) is 7.51.